The lowest BCUT2D eigenvalue weighted by molar-refractivity contribution is -0.128. The maximum atomic E-state index is 12.1. The van der Waals surface area contributed by atoms with Gasteiger partial charge in [0.05, 0.1) is 0 Å². The van der Waals surface area contributed by atoms with Gasteiger partial charge in [-0.1, -0.05) is 46.8 Å². The molecule has 0 unspecified atom stereocenters. The quantitative estimate of drug-likeness (QED) is 0.893. The number of carbonyl (C=O) groups excluding carboxylic acids is 1. The van der Waals surface area contributed by atoms with Gasteiger partial charge in [0.1, 0.15) is 5.75 Å². The average molecular weight is 291 g/mol. The first-order chi connectivity index (χ1) is 9.61. The summed E-state index contributed by atoms with van der Waals surface area (Å²) in [7, 11) is 0. The molecule has 0 aliphatic heterocycles. The molecule has 0 radical (unpaired) electrons. The van der Waals surface area contributed by atoms with Crippen molar-refractivity contribution in [3.8, 4) is 5.75 Å². The summed E-state index contributed by atoms with van der Waals surface area (Å²) in [6.07, 6.45) is -0.494. The topological polar surface area (TPSA) is 38.3 Å². The Morgan fingerprint density at radius 1 is 1.05 bits per heavy atom. The van der Waals surface area contributed by atoms with Gasteiger partial charge < -0.3 is 10.1 Å². The molecule has 118 valence electrons. The summed E-state index contributed by atoms with van der Waals surface area (Å²) < 4.78 is 5.71. The highest BCUT2D eigenvalue weighted by Gasteiger charge is 2.19. The molecule has 0 heterocycles. The van der Waals surface area contributed by atoms with Crippen molar-refractivity contribution in [2.45, 2.75) is 66.0 Å². The standard InChI is InChI=1S/C18H29NO2/c1-12(2)13(3)19-17(20)14(4)21-16-10-8-15(9-11-16)18(5,6)7/h8-14H,1-7H3,(H,19,20)/t13-,14+/m1/s1. The number of ether oxygens (including phenoxy) is 1. The second-order valence-corrected chi connectivity index (χ2v) is 7.08. The summed E-state index contributed by atoms with van der Waals surface area (Å²) in [5.41, 5.74) is 1.37. The molecule has 0 aliphatic rings. The molecule has 1 aromatic rings. The van der Waals surface area contributed by atoms with E-state index < -0.39 is 6.10 Å². The Kier molecular flexibility index (Phi) is 5.82. The Balaban J connectivity index is 2.62. The first kappa shape index (κ1) is 17.5. The lowest BCUT2D eigenvalue weighted by Crippen LogP contribution is -2.43. The number of amides is 1. The van der Waals surface area contributed by atoms with E-state index in [2.05, 4.69) is 52.1 Å². The second kappa shape index (κ2) is 6.97. The van der Waals surface area contributed by atoms with Crippen LogP contribution in [-0.4, -0.2) is 18.1 Å². The Hall–Kier alpha value is -1.51. The van der Waals surface area contributed by atoms with Crippen molar-refractivity contribution >= 4 is 5.91 Å². The maximum Gasteiger partial charge on any atom is 0.260 e. The molecule has 1 rings (SSSR count). The molecule has 0 bridgehead atoms. The molecule has 3 nitrogen and oxygen atoms in total. The van der Waals surface area contributed by atoms with Crippen molar-refractivity contribution < 1.29 is 9.53 Å². The fraction of sp³-hybridized carbons (Fsp3) is 0.611. The van der Waals surface area contributed by atoms with E-state index in [9.17, 15) is 4.79 Å². The average Bonchev–Trinajstić information content (AvgIpc) is 2.37. The van der Waals surface area contributed by atoms with E-state index >= 15 is 0 Å². The van der Waals surface area contributed by atoms with Gasteiger partial charge in [0.2, 0.25) is 0 Å². The van der Waals surface area contributed by atoms with Crippen LogP contribution in [0.15, 0.2) is 24.3 Å². The number of carbonyl (C=O) groups is 1. The number of nitrogens with one attached hydrogen (secondary N) is 1. The molecule has 0 fully saturated rings. The Labute approximate surface area is 129 Å². The highest BCUT2D eigenvalue weighted by atomic mass is 16.5. The fourth-order valence-electron chi connectivity index (χ4n) is 1.80. The van der Waals surface area contributed by atoms with Gasteiger partial charge in [-0.2, -0.15) is 0 Å². The number of rotatable bonds is 5. The number of benzene rings is 1. The highest BCUT2D eigenvalue weighted by Crippen LogP contribution is 2.24. The van der Waals surface area contributed by atoms with Gasteiger partial charge in [0, 0.05) is 6.04 Å². The van der Waals surface area contributed by atoms with Crippen molar-refractivity contribution in [2.24, 2.45) is 5.92 Å². The van der Waals surface area contributed by atoms with Crippen LogP contribution < -0.4 is 10.1 Å². The third-order valence-corrected chi connectivity index (χ3v) is 3.77. The van der Waals surface area contributed by atoms with Gasteiger partial charge in [-0.3, -0.25) is 4.79 Å². The van der Waals surface area contributed by atoms with Crippen LogP contribution in [0.5, 0.6) is 5.75 Å². The number of hydrogen-bond acceptors (Lipinski definition) is 2. The summed E-state index contributed by atoms with van der Waals surface area (Å²) in [5.74, 6) is 1.06. The van der Waals surface area contributed by atoms with E-state index in [1.54, 1.807) is 6.92 Å². The summed E-state index contributed by atoms with van der Waals surface area (Å²) in [4.78, 5) is 12.1. The predicted octanol–water partition coefficient (Wildman–Crippen LogP) is 3.91. The first-order valence-electron chi connectivity index (χ1n) is 7.69. The largest absolute Gasteiger partial charge is 0.481 e. The van der Waals surface area contributed by atoms with Crippen LogP contribution in [0.4, 0.5) is 0 Å². The molecule has 0 saturated carbocycles. The highest BCUT2D eigenvalue weighted by molar-refractivity contribution is 5.81. The molecule has 21 heavy (non-hydrogen) atoms. The normalized spacial score (nSPS) is 14.7. The summed E-state index contributed by atoms with van der Waals surface area (Å²) in [5, 5.41) is 2.97. The minimum Gasteiger partial charge on any atom is -0.481 e. The van der Waals surface area contributed by atoms with E-state index in [0.29, 0.717) is 5.92 Å². The molecule has 2 atom stereocenters. The molecule has 0 aromatic heterocycles. The van der Waals surface area contributed by atoms with Crippen molar-refractivity contribution in [3.05, 3.63) is 29.8 Å². The zero-order valence-electron chi connectivity index (χ0n) is 14.4. The molecule has 0 saturated heterocycles. The Bertz CT molecular complexity index is 457. The SMILES string of the molecule is CC(C)[C@@H](C)NC(=O)[C@H](C)Oc1ccc(C(C)(C)C)cc1. The van der Waals surface area contributed by atoms with Gasteiger partial charge in [-0.25, -0.2) is 0 Å². The van der Waals surface area contributed by atoms with Gasteiger partial charge in [-0.15, -0.1) is 0 Å². The van der Waals surface area contributed by atoms with E-state index in [1.165, 1.54) is 5.56 Å². The monoisotopic (exact) mass is 291 g/mol. The van der Waals surface area contributed by atoms with Crippen LogP contribution in [0.2, 0.25) is 0 Å². The van der Waals surface area contributed by atoms with Crippen molar-refractivity contribution in [3.63, 3.8) is 0 Å². The Morgan fingerprint density at radius 2 is 1.57 bits per heavy atom. The summed E-state index contributed by atoms with van der Waals surface area (Å²) in [6, 6.07) is 8.10. The van der Waals surface area contributed by atoms with Gasteiger partial charge >= 0.3 is 0 Å². The fourth-order valence-corrected chi connectivity index (χ4v) is 1.80. The summed E-state index contributed by atoms with van der Waals surface area (Å²) in [6.45, 7) is 14.5. The van der Waals surface area contributed by atoms with E-state index in [1.807, 2.05) is 19.1 Å². The molecule has 0 spiro atoms. The molecule has 3 heteroatoms. The first-order valence-corrected chi connectivity index (χ1v) is 7.69. The lowest BCUT2D eigenvalue weighted by Gasteiger charge is -2.22. The van der Waals surface area contributed by atoms with Crippen LogP contribution in [0.25, 0.3) is 0 Å². The van der Waals surface area contributed by atoms with E-state index in [4.69, 9.17) is 4.74 Å². The van der Waals surface area contributed by atoms with E-state index in [-0.39, 0.29) is 17.4 Å². The minimum absolute atomic E-state index is 0.0731. The molecule has 1 aromatic carbocycles. The molecule has 0 aliphatic carbocycles. The van der Waals surface area contributed by atoms with Crippen LogP contribution >= 0.6 is 0 Å². The minimum atomic E-state index is -0.494. The van der Waals surface area contributed by atoms with E-state index in [0.717, 1.165) is 5.75 Å². The smallest absolute Gasteiger partial charge is 0.260 e. The van der Waals surface area contributed by atoms with Crippen molar-refractivity contribution in [1.29, 1.82) is 0 Å². The van der Waals surface area contributed by atoms with Crippen LogP contribution in [0.1, 0.15) is 54.0 Å². The maximum absolute atomic E-state index is 12.1. The van der Waals surface area contributed by atoms with Gasteiger partial charge in [0.15, 0.2) is 6.10 Å². The zero-order valence-corrected chi connectivity index (χ0v) is 14.4. The molecular formula is C18H29NO2. The van der Waals surface area contributed by atoms with Crippen LogP contribution in [-0.2, 0) is 10.2 Å². The number of hydrogen-bond donors (Lipinski definition) is 1. The molecular weight excluding hydrogens is 262 g/mol. The van der Waals surface area contributed by atoms with Crippen LogP contribution in [0, 0.1) is 5.92 Å². The van der Waals surface area contributed by atoms with Crippen molar-refractivity contribution in [2.75, 3.05) is 0 Å². The third-order valence-electron chi connectivity index (χ3n) is 3.77. The predicted molar refractivity (Wildman–Crippen MR) is 87.7 cm³/mol. The lowest BCUT2D eigenvalue weighted by atomic mass is 9.87. The van der Waals surface area contributed by atoms with Gasteiger partial charge in [0.25, 0.3) is 5.91 Å². The van der Waals surface area contributed by atoms with Crippen molar-refractivity contribution in [1.82, 2.24) is 5.32 Å². The zero-order chi connectivity index (χ0) is 16.2. The molecule has 1 N–H and O–H groups in total. The second-order valence-electron chi connectivity index (χ2n) is 7.08. The third kappa shape index (κ3) is 5.41. The molecule has 1 amide bonds. The van der Waals surface area contributed by atoms with Crippen LogP contribution in [0.3, 0.4) is 0 Å². The Morgan fingerprint density at radius 3 is 2.00 bits per heavy atom. The summed E-state index contributed by atoms with van der Waals surface area (Å²) >= 11 is 0. The van der Waals surface area contributed by atoms with Gasteiger partial charge in [-0.05, 0) is 42.9 Å².